The molecule has 5 heteroatoms. The summed E-state index contributed by atoms with van der Waals surface area (Å²) in [5, 5.41) is 9.75. The predicted octanol–water partition coefficient (Wildman–Crippen LogP) is 2.09. The van der Waals surface area contributed by atoms with Crippen LogP contribution in [0.2, 0.25) is 0 Å². The van der Waals surface area contributed by atoms with E-state index in [4.69, 9.17) is 10.2 Å². The van der Waals surface area contributed by atoms with Gasteiger partial charge in [0.05, 0.1) is 23.3 Å². The number of furan rings is 1. The quantitative estimate of drug-likeness (QED) is 0.844. The Hall–Kier alpha value is -1.46. The maximum Gasteiger partial charge on any atom is 0.143 e. The molecule has 1 atom stereocenters. The highest BCUT2D eigenvalue weighted by molar-refractivity contribution is 5.79. The van der Waals surface area contributed by atoms with Crippen molar-refractivity contribution in [2.24, 2.45) is 5.73 Å². The molecule has 0 bridgehead atoms. The Balaban J connectivity index is 2.59. The van der Waals surface area contributed by atoms with E-state index in [2.05, 4.69) is 0 Å². The zero-order valence-electron chi connectivity index (χ0n) is 8.41. The van der Waals surface area contributed by atoms with Crippen molar-refractivity contribution >= 4 is 11.0 Å². The van der Waals surface area contributed by atoms with E-state index in [1.54, 1.807) is 0 Å². The third kappa shape index (κ3) is 1.68. The van der Waals surface area contributed by atoms with Gasteiger partial charge >= 0.3 is 0 Å². The van der Waals surface area contributed by atoms with Crippen molar-refractivity contribution in [1.82, 2.24) is 0 Å². The van der Waals surface area contributed by atoms with Crippen molar-refractivity contribution in [2.45, 2.75) is 12.5 Å². The molecule has 0 amide bonds. The Kier molecular flexibility index (Phi) is 2.89. The lowest BCUT2D eigenvalue weighted by Crippen LogP contribution is -2.10. The van der Waals surface area contributed by atoms with Crippen molar-refractivity contribution < 1.29 is 18.3 Å². The minimum atomic E-state index is -1.23. The molecule has 3 N–H and O–H groups in total. The second kappa shape index (κ2) is 4.19. The first-order chi connectivity index (χ1) is 7.65. The number of hydrogen-bond acceptors (Lipinski definition) is 3. The van der Waals surface area contributed by atoms with Crippen LogP contribution in [0.5, 0.6) is 0 Å². The number of fused-ring (bicyclic) bond motifs is 1. The van der Waals surface area contributed by atoms with E-state index in [1.165, 1.54) is 12.3 Å². The fourth-order valence-electron chi connectivity index (χ4n) is 1.66. The van der Waals surface area contributed by atoms with Gasteiger partial charge in [-0.1, -0.05) is 0 Å². The maximum atomic E-state index is 13.8. The summed E-state index contributed by atoms with van der Waals surface area (Å²) in [5.74, 6) is -1.61. The van der Waals surface area contributed by atoms with Gasteiger partial charge in [0.25, 0.3) is 0 Å². The Labute approximate surface area is 90.5 Å². The molecule has 16 heavy (non-hydrogen) atoms. The molecular weight excluding hydrogens is 216 g/mol. The van der Waals surface area contributed by atoms with Gasteiger partial charge in [-0.25, -0.2) is 8.78 Å². The first kappa shape index (κ1) is 11.0. The highest BCUT2D eigenvalue weighted by Gasteiger charge is 2.21. The lowest BCUT2D eigenvalue weighted by atomic mass is 10.0. The van der Waals surface area contributed by atoms with E-state index in [1.807, 2.05) is 0 Å². The van der Waals surface area contributed by atoms with E-state index >= 15 is 0 Å². The van der Waals surface area contributed by atoms with Crippen LogP contribution in [0.4, 0.5) is 8.78 Å². The van der Waals surface area contributed by atoms with Crippen LogP contribution in [-0.2, 0) is 0 Å². The van der Waals surface area contributed by atoms with Gasteiger partial charge in [0.1, 0.15) is 17.2 Å². The standard InChI is InChI=1S/C11H11F2NO2/c12-7-5-9-6(2-4-16-9)11(13)10(7)8(15)1-3-14/h2,4-5,8,15H,1,3,14H2. The molecule has 2 aromatic rings. The molecule has 2 rings (SSSR count). The van der Waals surface area contributed by atoms with E-state index in [0.29, 0.717) is 0 Å². The molecule has 86 valence electrons. The highest BCUT2D eigenvalue weighted by Crippen LogP contribution is 2.30. The molecule has 0 aliphatic heterocycles. The number of aliphatic hydroxyl groups excluding tert-OH is 1. The Morgan fingerprint density at radius 2 is 2.19 bits per heavy atom. The van der Waals surface area contributed by atoms with Crippen LogP contribution < -0.4 is 5.73 Å². The van der Waals surface area contributed by atoms with Crippen LogP contribution in [0.25, 0.3) is 11.0 Å². The summed E-state index contributed by atoms with van der Waals surface area (Å²) in [6, 6.07) is 2.45. The zero-order valence-corrected chi connectivity index (χ0v) is 8.41. The van der Waals surface area contributed by atoms with E-state index in [-0.39, 0.29) is 29.5 Å². The molecule has 0 saturated carbocycles. The molecule has 0 radical (unpaired) electrons. The van der Waals surface area contributed by atoms with Crippen LogP contribution in [0, 0.1) is 11.6 Å². The molecule has 1 heterocycles. The SMILES string of the molecule is NCCC(O)c1c(F)cc2occc2c1F. The second-order valence-corrected chi connectivity index (χ2v) is 3.51. The first-order valence-electron chi connectivity index (χ1n) is 4.88. The molecule has 1 aromatic heterocycles. The Morgan fingerprint density at radius 3 is 2.88 bits per heavy atom. The molecule has 0 fully saturated rings. The zero-order chi connectivity index (χ0) is 11.7. The van der Waals surface area contributed by atoms with Crippen LogP contribution in [0.15, 0.2) is 22.8 Å². The molecular formula is C11H11F2NO2. The van der Waals surface area contributed by atoms with Gasteiger partial charge < -0.3 is 15.3 Å². The summed E-state index contributed by atoms with van der Waals surface area (Å²) in [6.45, 7) is 0.156. The third-order valence-corrected chi connectivity index (χ3v) is 2.46. The maximum absolute atomic E-state index is 13.8. The number of aliphatic hydroxyl groups is 1. The number of rotatable bonds is 3. The van der Waals surface area contributed by atoms with Crippen LogP contribution in [0.1, 0.15) is 18.1 Å². The monoisotopic (exact) mass is 227 g/mol. The molecule has 1 aromatic carbocycles. The summed E-state index contributed by atoms with van der Waals surface area (Å²) < 4.78 is 32.3. The van der Waals surface area contributed by atoms with Gasteiger partial charge in [-0.3, -0.25) is 0 Å². The molecule has 1 unspecified atom stereocenters. The number of halogens is 2. The molecule has 3 nitrogen and oxygen atoms in total. The molecule has 0 aliphatic rings. The summed E-state index contributed by atoms with van der Waals surface area (Å²) in [5.41, 5.74) is 5.01. The van der Waals surface area contributed by atoms with Gasteiger partial charge in [-0.05, 0) is 19.0 Å². The van der Waals surface area contributed by atoms with Crippen molar-refractivity contribution in [2.75, 3.05) is 6.54 Å². The number of nitrogens with two attached hydrogens (primary N) is 1. The van der Waals surface area contributed by atoms with Crippen molar-refractivity contribution in [1.29, 1.82) is 0 Å². The summed E-state index contributed by atoms with van der Waals surface area (Å²) >= 11 is 0. The Bertz CT molecular complexity index is 510. The molecule has 0 spiro atoms. The average molecular weight is 227 g/mol. The van der Waals surface area contributed by atoms with Gasteiger partial charge in [0.2, 0.25) is 0 Å². The van der Waals surface area contributed by atoms with Crippen LogP contribution >= 0.6 is 0 Å². The van der Waals surface area contributed by atoms with Crippen LogP contribution in [-0.4, -0.2) is 11.7 Å². The normalized spacial score (nSPS) is 13.2. The lowest BCUT2D eigenvalue weighted by Gasteiger charge is -2.12. The van der Waals surface area contributed by atoms with Crippen molar-refractivity contribution in [3.8, 4) is 0 Å². The van der Waals surface area contributed by atoms with E-state index < -0.39 is 17.7 Å². The van der Waals surface area contributed by atoms with Crippen LogP contribution in [0.3, 0.4) is 0 Å². The van der Waals surface area contributed by atoms with Crippen molar-refractivity contribution in [3.05, 3.63) is 35.6 Å². The summed E-state index contributed by atoms with van der Waals surface area (Å²) in [4.78, 5) is 0. The number of benzene rings is 1. The van der Waals surface area contributed by atoms with Gasteiger partial charge in [-0.2, -0.15) is 0 Å². The lowest BCUT2D eigenvalue weighted by molar-refractivity contribution is 0.161. The van der Waals surface area contributed by atoms with Gasteiger partial charge in [0.15, 0.2) is 0 Å². The minimum absolute atomic E-state index is 0.108. The summed E-state index contributed by atoms with van der Waals surface area (Å²) in [7, 11) is 0. The van der Waals surface area contributed by atoms with E-state index in [0.717, 1.165) is 6.07 Å². The topological polar surface area (TPSA) is 59.4 Å². The van der Waals surface area contributed by atoms with Gasteiger partial charge in [0, 0.05) is 6.07 Å². The fraction of sp³-hybridized carbons (Fsp3) is 0.273. The second-order valence-electron chi connectivity index (χ2n) is 3.51. The third-order valence-electron chi connectivity index (χ3n) is 2.46. The average Bonchev–Trinajstić information content (AvgIpc) is 2.66. The minimum Gasteiger partial charge on any atom is -0.464 e. The van der Waals surface area contributed by atoms with E-state index in [9.17, 15) is 13.9 Å². The fourth-order valence-corrected chi connectivity index (χ4v) is 1.66. The van der Waals surface area contributed by atoms with Crippen molar-refractivity contribution in [3.63, 3.8) is 0 Å². The number of hydrogen-bond donors (Lipinski definition) is 2. The predicted molar refractivity (Wildman–Crippen MR) is 54.8 cm³/mol. The Morgan fingerprint density at radius 1 is 1.44 bits per heavy atom. The van der Waals surface area contributed by atoms with Gasteiger partial charge in [-0.15, -0.1) is 0 Å². The summed E-state index contributed by atoms with van der Waals surface area (Å²) in [6.07, 6.45) is 0.146. The largest absolute Gasteiger partial charge is 0.464 e. The molecule has 0 saturated heterocycles. The highest BCUT2D eigenvalue weighted by atomic mass is 19.1. The smallest absolute Gasteiger partial charge is 0.143 e. The molecule has 0 aliphatic carbocycles. The first-order valence-corrected chi connectivity index (χ1v) is 4.88.